The third kappa shape index (κ3) is 1.06. The molecule has 2 atom stereocenters. The van der Waals surface area contributed by atoms with Gasteiger partial charge in [-0.25, -0.2) is 0 Å². The summed E-state index contributed by atoms with van der Waals surface area (Å²) >= 11 is 3.54. The third-order valence-corrected chi connectivity index (χ3v) is 3.94. The Kier molecular flexibility index (Phi) is 1.86. The van der Waals surface area contributed by atoms with E-state index in [1.165, 1.54) is 15.7 Å². The molecule has 2 unspecified atom stereocenters. The molecule has 14 heavy (non-hydrogen) atoms. The predicted octanol–water partition coefficient (Wildman–Crippen LogP) is 1.95. The van der Waals surface area contributed by atoms with Gasteiger partial charge in [-0.15, -0.1) is 0 Å². The maximum absolute atomic E-state index is 3.54. The lowest BCUT2D eigenvalue weighted by molar-refractivity contribution is 0.663. The van der Waals surface area contributed by atoms with Crippen LogP contribution in [0.1, 0.15) is 11.5 Å². The van der Waals surface area contributed by atoms with Crippen molar-refractivity contribution >= 4 is 21.6 Å². The summed E-state index contributed by atoms with van der Waals surface area (Å²) in [6, 6.07) is 7.28. The van der Waals surface area contributed by atoms with Crippen molar-refractivity contribution in [1.29, 1.82) is 0 Å². The van der Waals surface area contributed by atoms with Gasteiger partial charge in [0.05, 0.1) is 0 Å². The lowest BCUT2D eigenvalue weighted by atomic mass is 9.98. The molecular weight excluding hydrogens is 240 g/mol. The number of benzene rings is 1. The zero-order valence-corrected chi connectivity index (χ0v) is 9.71. The molecule has 1 aromatic rings. The molecule has 0 aliphatic carbocycles. The zero-order chi connectivity index (χ0) is 9.71. The molecule has 3 heteroatoms. The smallest absolute Gasteiger partial charge is 0.0492 e. The summed E-state index contributed by atoms with van der Waals surface area (Å²) in [6.45, 7) is 2.24. The molecule has 1 fully saturated rings. The molecule has 0 amide bonds. The maximum atomic E-state index is 3.54. The summed E-state index contributed by atoms with van der Waals surface area (Å²) in [5.41, 5.74) is 2.90. The minimum absolute atomic E-state index is 0.666. The number of likely N-dealkylation sites (N-methyl/N-ethyl adjacent to an activating group) is 1. The van der Waals surface area contributed by atoms with E-state index in [1.54, 1.807) is 0 Å². The van der Waals surface area contributed by atoms with Crippen LogP contribution in [0.5, 0.6) is 0 Å². The van der Waals surface area contributed by atoms with E-state index < -0.39 is 0 Å². The van der Waals surface area contributed by atoms with Crippen LogP contribution in [0.4, 0.5) is 5.69 Å². The monoisotopic (exact) mass is 252 g/mol. The summed E-state index contributed by atoms with van der Waals surface area (Å²) in [6.07, 6.45) is 0. The van der Waals surface area contributed by atoms with Crippen molar-refractivity contribution in [3.05, 3.63) is 28.2 Å². The summed E-state index contributed by atoms with van der Waals surface area (Å²) in [4.78, 5) is 2.41. The summed E-state index contributed by atoms with van der Waals surface area (Å²) in [5, 5.41) is 3.46. The molecule has 0 radical (unpaired) electrons. The summed E-state index contributed by atoms with van der Waals surface area (Å²) in [5.74, 6) is 0.687. The topological polar surface area (TPSA) is 15.3 Å². The molecule has 2 nitrogen and oxygen atoms in total. The molecule has 3 rings (SSSR count). The summed E-state index contributed by atoms with van der Waals surface area (Å²) in [7, 11) is 2.20. The van der Waals surface area contributed by atoms with Crippen LogP contribution in [0.2, 0.25) is 0 Å². The number of anilines is 1. The van der Waals surface area contributed by atoms with E-state index in [9.17, 15) is 0 Å². The molecular formula is C11H13BrN2. The molecule has 1 N–H and O–H groups in total. The van der Waals surface area contributed by atoms with Crippen molar-refractivity contribution in [3.8, 4) is 0 Å². The molecule has 1 aromatic carbocycles. The van der Waals surface area contributed by atoms with E-state index in [1.807, 2.05) is 0 Å². The van der Waals surface area contributed by atoms with Crippen LogP contribution in [-0.4, -0.2) is 26.2 Å². The largest absolute Gasteiger partial charge is 0.369 e. The van der Waals surface area contributed by atoms with E-state index >= 15 is 0 Å². The summed E-state index contributed by atoms with van der Waals surface area (Å²) < 4.78 is 1.19. The van der Waals surface area contributed by atoms with Crippen LogP contribution in [0.3, 0.4) is 0 Å². The highest BCUT2D eigenvalue weighted by atomic mass is 79.9. The molecule has 0 aromatic heterocycles. The first kappa shape index (κ1) is 8.74. The average molecular weight is 253 g/mol. The molecule has 0 spiro atoms. The fourth-order valence-electron chi connectivity index (χ4n) is 2.71. The molecule has 0 saturated carbocycles. The van der Waals surface area contributed by atoms with Crippen molar-refractivity contribution in [3.63, 3.8) is 0 Å². The minimum Gasteiger partial charge on any atom is -0.369 e. The molecule has 2 heterocycles. The average Bonchev–Trinajstić information content (AvgIpc) is 2.71. The second-order valence-electron chi connectivity index (χ2n) is 4.15. The second-order valence-corrected chi connectivity index (χ2v) is 5.06. The van der Waals surface area contributed by atoms with E-state index in [0.29, 0.717) is 12.0 Å². The van der Waals surface area contributed by atoms with Gasteiger partial charge >= 0.3 is 0 Å². The van der Waals surface area contributed by atoms with Crippen molar-refractivity contribution < 1.29 is 0 Å². The number of nitrogens with zero attached hydrogens (tertiary/aromatic N) is 1. The molecule has 74 valence electrons. The van der Waals surface area contributed by atoms with Crippen LogP contribution in [-0.2, 0) is 0 Å². The van der Waals surface area contributed by atoms with Gasteiger partial charge in [-0.1, -0.05) is 15.9 Å². The van der Waals surface area contributed by atoms with Gasteiger partial charge < -0.3 is 10.2 Å². The van der Waals surface area contributed by atoms with Crippen LogP contribution >= 0.6 is 15.9 Å². The highest BCUT2D eigenvalue weighted by Crippen LogP contribution is 2.42. The van der Waals surface area contributed by atoms with Crippen LogP contribution < -0.4 is 10.2 Å². The number of nitrogens with one attached hydrogen (secondary N) is 1. The van der Waals surface area contributed by atoms with E-state index in [4.69, 9.17) is 0 Å². The molecule has 1 saturated heterocycles. The normalized spacial score (nSPS) is 29.1. The number of fused-ring (bicyclic) bond motifs is 3. The first-order chi connectivity index (χ1) is 6.77. The van der Waals surface area contributed by atoms with Crippen LogP contribution in [0, 0.1) is 0 Å². The van der Waals surface area contributed by atoms with E-state index in [-0.39, 0.29) is 0 Å². The zero-order valence-electron chi connectivity index (χ0n) is 8.13. The Bertz CT molecular complexity index is 378. The Hall–Kier alpha value is -0.540. The van der Waals surface area contributed by atoms with Gasteiger partial charge in [-0.2, -0.15) is 0 Å². The van der Waals surface area contributed by atoms with Gasteiger partial charge in [-0.05, 0) is 23.8 Å². The molecule has 0 bridgehead atoms. The third-order valence-electron chi connectivity index (χ3n) is 3.45. The SMILES string of the molecule is CN1c2ccc(Br)cc2C2CNCC21. The van der Waals surface area contributed by atoms with Crippen molar-refractivity contribution in [2.24, 2.45) is 0 Å². The minimum atomic E-state index is 0.666. The highest BCUT2D eigenvalue weighted by molar-refractivity contribution is 9.10. The number of hydrogen-bond donors (Lipinski definition) is 1. The second kappa shape index (κ2) is 2.97. The number of rotatable bonds is 0. The van der Waals surface area contributed by atoms with Gasteiger partial charge in [-0.3, -0.25) is 0 Å². The first-order valence-corrected chi connectivity index (χ1v) is 5.79. The Morgan fingerprint density at radius 1 is 1.43 bits per heavy atom. The van der Waals surface area contributed by atoms with Gasteiger partial charge in [0.15, 0.2) is 0 Å². The Balaban J connectivity index is 2.13. The first-order valence-electron chi connectivity index (χ1n) is 5.00. The maximum Gasteiger partial charge on any atom is 0.0492 e. The van der Waals surface area contributed by atoms with E-state index in [0.717, 1.165) is 13.1 Å². The predicted molar refractivity (Wildman–Crippen MR) is 61.9 cm³/mol. The van der Waals surface area contributed by atoms with Crippen molar-refractivity contribution in [1.82, 2.24) is 5.32 Å². The van der Waals surface area contributed by atoms with E-state index in [2.05, 4.69) is 51.4 Å². The van der Waals surface area contributed by atoms with Crippen molar-refractivity contribution in [2.45, 2.75) is 12.0 Å². The quantitative estimate of drug-likeness (QED) is 0.760. The highest BCUT2D eigenvalue weighted by Gasteiger charge is 2.39. The van der Waals surface area contributed by atoms with Crippen molar-refractivity contribution in [2.75, 3.05) is 25.0 Å². The Morgan fingerprint density at radius 2 is 2.29 bits per heavy atom. The Labute approximate surface area is 92.4 Å². The number of hydrogen-bond acceptors (Lipinski definition) is 2. The number of halogens is 1. The van der Waals surface area contributed by atoms with Gasteiger partial charge in [0.25, 0.3) is 0 Å². The lowest BCUT2D eigenvalue weighted by Gasteiger charge is -2.20. The van der Waals surface area contributed by atoms with Crippen LogP contribution in [0.25, 0.3) is 0 Å². The van der Waals surface area contributed by atoms with Gasteiger partial charge in [0, 0.05) is 42.3 Å². The molecule has 2 aliphatic rings. The fourth-order valence-corrected chi connectivity index (χ4v) is 3.09. The fraction of sp³-hybridized carbons (Fsp3) is 0.455. The van der Waals surface area contributed by atoms with Gasteiger partial charge in [0.1, 0.15) is 0 Å². The lowest BCUT2D eigenvalue weighted by Crippen LogP contribution is -2.31. The van der Waals surface area contributed by atoms with Gasteiger partial charge in [0.2, 0.25) is 0 Å². The standard InChI is InChI=1S/C11H13BrN2/c1-14-10-3-2-7(12)4-8(10)9-5-13-6-11(9)14/h2-4,9,11,13H,5-6H2,1H3. The Morgan fingerprint density at radius 3 is 3.14 bits per heavy atom. The molecule has 2 aliphatic heterocycles. The van der Waals surface area contributed by atoms with Crippen LogP contribution in [0.15, 0.2) is 22.7 Å².